The standard InChI is InChI=1S/C42H36F3N5O3/c1-5-50(6-2)31-14-15-32-34(27(4)52-41(51)33-12-7-8-13-36(33)49-30-11-9-10-29(22-30)42(43,44)45)24-40(53-39(32)23-31)35(25-46)28-17-19-48-38(21-28)37-20-26(3)16-18-47-37/h7-24,27,49H,5-6H2,1-4H3/b40-35-. The number of esters is 1. The summed E-state index contributed by atoms with van der Waals surface area (Å²) in [5, 5.41) is 13.5. The van der Waals surface area contributed by atoms with Gasteiger partial charge < -0.3 is 19.7 Å². The lowest BCUT2D eigenvalue weighted by molar-refractivity contribution is -0.137. The van der Waals surface area contributed by atoms with Crippen LogP contribution in [0.2, 0.25) is 0 Å². The van der Waals surface area contributed by atoms with E-state index < -0.39 is 23.8 Å². The van der Waals surface area contributed by atoms with Crippen molar-refractivity contribution in [3.63, 3.8) is 0 Å². The van der Waals surface area contributed by atoms with Crippen molar-refractivity contribution in [3.05, 3.63) is 143 Å². The number of fused-ring (bicyclic) bond motifs is 1. The van der Waals surface area contributed by atoms with Crippen molar-refractivity contribution in [1.82, 2.24) is 9.97 Å². The number of rotatable bonds is 10. The summed E-state index contributed by atoms with van der Waals surface area (Å²) in [6.07, 6.45) is -0.350. The van der Waals surface area contributed by atoms with Crippen molar-refractivity contribution in [2.75, 3.05) is 23.3 Å². The van der Waals surface area contributed by atoms with Crippen molar-refractivity contribution >= 4 is 34.2 Å². The summed E-state index contributed by atoms with van der Waals surface area (Å²) in [6.45, 7) is 9.32. The van der Waals surface area contributed by atoms with Crippen LogP contribution < -0.4 is 15.0 Å². The van der Waals surface area contributed by atoms with Gasteiger partial charge in [0.05, 0.1) is 28.2 Å². The van der Waals surface area contributed by atoms with Gasteiger partial charge >= 0.3 is 12.1 Å². The molecule has 1 aliphatic heterocycles. The topological polar surface area (TPSA) is 100 Å². The first kappa shape index (κ1) is 36.4. The molecule has 53 heavy (non-hydrogen) atoms. The molecule has 1 unspecified atom stereocenters. The van der Waals surface area contributed by atoms with E-state index in [1.165, 1.54) is 18.2 Å². The molecule has 11 heteroatoms. The Morgan fingerprint density at radius 3 is 2.40 bits per heavy atom. The number of halogens is 3. The van der Waals surface area contributed by atoms with Crippen LogP contribution in [0.3, 0.4) is 0 Å². The summed E-state index contributed by atoms with van der Waals surface area (Å²) >= 11 is 0. The molecule has 1 atom stereocenters. The van der Waals surface area contributed by atoms with Crippen LogP contribution in [-0.4, -0.2) is 35.1 Å². The molecule has 0 saturated carbocycles. The summed E-state index contributed by atoms with van der Waals surface area (Å²) in [5.74, 6) is 0.0473. The zero-order valence-electron chi connectivity index (χ0n) is 29.5. The number of aromatic nitrogens is 2. The minimum atomic E-state index is -4.53. The molecule has 0 fully saturated rings. The maximum absolute atomic E-state index is 13.8. The number of anilines is 3. The van der Waals surface area contributed by atoms with E-state index in [1.54, 1.807) is 55.7 Å². The molecule has 6 rings (SSSR count). The quantitative estimate of drug-likeness (QED) is 0.113. The molecule has 3 heterocycles. The monoisotopic (exact) mass is 715 g/mol. The van der Waals surface area contributed by atoms with Gasteiger partial charge in [0.15, 0.2) is 0 Å². The predicted molar refractivity (Wildman–Crippen MR) is 199 cm³/mol. The van der Waals surface area contributed by atoms with E-state index in [0.29, 0.717) is 33.8 Å². The van der Waals surface area contributed by atoms with E-state index in [4.69, 9.17) is 9.47 Å². The molecule has 0 radical (unpaired) electrons. The number of carbonyl (C=O) groups excluding carboxylic acids is 1. The van der Waals surface area contributed by atoms with Gasteiger partial charge in [-0.15, -0.1) is 0 Å². The van der Waals surface area contributed by atoms with E-state index in [2.05, 4.69) is 40.1 Å². The van der Waals surface area contributed by atoms with Crippen LogP contribution in [-0.2, 0) is 10.9 Å². The van der Waals surface area contributed by atoms with E-state index in [0.717, 1.165) is 36.5 Å². The van der Waals surface area contributed by atoms with Gasteiger partial charge in [-0.1, -0.05) is 18.2 Å². The molecule has 0 aliphatic carbocycles. The van der Waals surface area contributed by atoms with E-state index in [-0.39, 0.29) is 28.3 Å². The van der Waals surface area contributed by atoms with Crippen molar-refractivity contribution in [1.29, 1.82) is 5.26 Å². The van der Waals surface area contributed by atoms with Crippen LogP contribution in [0.15, 0.2) is 115 Å². The largest absolute Gasteiger partial charge is 0.455 e. The number of carbonyl (C=O) groups is 1. The summed E-state index contributed by atoms with van der Waals surface area (Å²) in [4.78, 5) is 24.9. The Labute approximate surface area is 305 Å². The Bertz CT molecular complexity index is 2270. The number of hydrogen-bond donors (Lipinski definition) is 1. The first-order valence-electron chi connectivity index (χ1n) is 17.1. The number of aryl methyl sites for hydroxylation is 1. The van der Waals surface area contributed by atoms with Gasteiger partial charge in [-0.05, 0) is 112 Å². The Balaban J connectivity index is 1.38. The summed E-state index contributed by atoms with van der Waals surface area (Å²) < 4.78 is 52.7. The zero-order valence-corrected chi connectivity index (χ0v) is 29.5. The molecule has 1 N–H and O–H groups in total. The predicted octanol–water partition coefficient (Wildman–Crippen LogP) is 10.0. The van der Waals surface area contributed by atoms with E-state index in [9.17, 15) is 23.2 Å². The van der Waals surface area contributed by atoms with Gasteiger partial charge in [-0.25, -0.2) is 4.79 Å². The summed E-state index contributed by atoms with van der Waals surface area (Å²) in [7, 11) is 0. The summed E-state index contributed by atoms with van der Waals surface area (Å²) in [5.41, 5.74) is 5.00. The fraction of sp³-hybridized carbons (Fsp3) is 0.190. The fourth-order valence-corrected chi connectivity index (χ4v) is 6.10. The first-order valence-corrected chi connectivity index (χ1v) is 17.1. The average Bonchev–Trinajstić information content (AvgIpc) is 3.15. The fourth-order valence-electron chi connectivity index (χ4n) is 6.10. The average molecular weight is 716 g/mol. The number of benzene rings is 3. The van der Waals surface area contributed by atoms with Gasteiger partial charge in [0.2, 0.25) is 0 Å². The minimum Gasteiger partial charge on any atom is -0.455 e. The number of nitrogens with one attached hydrogen (secondary N) is 1. The number of nitrogens with zero attached hydrogens (tertiary/aromatic N) is 4. The van der Waals surface area contributed by atoms with Crippen molar-refractivity contribution in [3.8, 4) is 23.2 Å². The zero-order chi connectivity index (χ0) is 37.7. The number of nitriles is 1. The molecule has 268 valence electrons. The molecule has 1 aliphatic rings. The number of alkyl halides is 3. The number of allylic oxidation sites excluding steroid dienone is 2. The Hall–Kier alpha value is -6.41. The Morgan fingerprint density at radius 1 is 0.943 bits per heavy atom. The highest BCUT2D eigenvalue weighted by Gasteiger charge is 2.31. The third-order valence-electron chi connectivity index (χ3n) is 8.83. The molecule has 0 bridgehead atoms. The molecule has 8 nitrogen and oxygen atoms in total. The highest BCUT2D eigenvalue weighted by atomic mass is 19.4. The third-order valence-corrected chi connectivity index (χ3v) is 8.83. The van der Waals surface area contributed by atoms with Crippen molar-refractivity contribution in [2.24, 2.45) is 0 Å². The molecule has 2 aromatic heterocycles. The van der Waals surface area contributed by atoms with Gasteiger partial charge in [0, 0.05) is 54.1 Å². The van der Waals surface area contributed by atoms with E-state index >= 15 is 0 Å². The highest BCUT2D eigenvalue weighted by molar-refractivity contribution is 5.97. The SMILES string of the molecule is CCN(CC)c1ccc2c(c1)O/C(=C(/C#N)c1ccnc(-c3cc(C)ccn3)c1)C=C2C(C)OC(=O)c1ccccc1Nc1cccc(C(F)(F)F)c1. The van der Waals surface area contributed by atoms with Crippen LogP contribution in [0.5, 0.6) is 5.75 Å². The normalized spacial score (nSPS) is 13.8. The lowest BCUT2D eigenvalue weighted by Gasteiger charge is -2.28. The highest BCUT2D eigenvalue weighted by Crippen LogP contribution is 2.41. The van der Waals surface area contributed by atoms with E-state index in [1.807, 2.05) is 37.3 Å². The third kappa shape index (κ3) is 8.07. The van der Waals surface area contributed by atoms with Gasteiger partial charge in [0.1, 0.15) is 29.3 Å². The van der Waals surface area contributed by atoms with Crippen LogP contribution in [0, 0.1) is 18.3 Å². The van der Waals surface area contributed by atoms with Gasteiger partial charge in [-0.2, -0.15) is 18.4 Å². The molecular formula is C42H36F3N5O3. The first-order chi connectivity index (χ1) is 25.5. The Kier molecular flexibility index (Phi) is 10.6. The lowest BCUT2D eigenvalue weighted by Crippen LogP contribution is -2.23. The molecule has 3 aromatic carbocycles. The number of hydrogen-bond acceptors (Lipinski definition) is 8. The van der Waals surface area contributed by atoms with Crippen LogP contribution in [0.25, 0.3) is 22.5 Å². The number of ether oxygens (including phenoxy) is 2. The smallest absolute Gasteiger partial charge is 0.416 e. The van der Waals surface area contributed by atoms with Crippen LogP contribution in [0.4, 0.5) is 30.2 Å². The maximum Gasteiger partial charge on any atom is 0.416 e. The summed E-state index contributed by atoms with van der Waals surface area (Å²) in [6, 6.07) is 26.6. The van der Waals surface area contributed by atoms with Gasteiger partial charge in [0.25, 0.3) is 0 Å². The maximum atomic E-state index is 13.8. The molecular weight excluding hydrogens is 679 g/mol. The van der Waals surface area contributed by atoms with Crippen molar-refractivity contribution in [2.45, 2.75) is 40.0 Å². The Morgan fingerprint density at radius 2 is 1.68 bits per heavy atom. The molecule has 0 spiro atoms. The second-order valence-corrected chi connectivity index (χ2v) is 12.4. The second-order valence-electron chi connectivity index (χ2n) is 12.4. The lowest BCUT2D eigenvalue weighted by atomic mass is 9.94. The molecule has 0 amide bonds. The number of pyridine rings is 2. The minimum absolute atomic E-state index is 0.129. The number of para-hydroxylation sites is 1. The molecule has 5 aromatic rings. The van der Waals surface area contributed by atoms with Gasteiger partial charge in [-0.3, -0.25) is 9.97 Å². The van der Waals surface area contributed by atoms with Crippen LogP contribution in [0.1, 0.15) is 53.4 Å². The second kappa shape index (κ2) is 15.5. The van der Waals surface area contributed by atoms with Crippen molar-refractivity contribution < 1.29 is 27.4 Å². The molecule has 0 saturated heterocycles. The van der Waals surface area contributed by atoms with Crippen LogP contribution >= 0.6 is 0 Å².